The van der Waals surface area contributed by atoms with E-state index in [1.54, 1.807) is 15.9 Å². The van der Waals surface area contributed by atoms with E-state index in [4.69, 9.17) is 12.2 Å². The van der Waals surface area contributed by atoms with Crippen LogP contribution >= 0.6 is 23.6 Å². The van der Waals surface area contributed by atoms with E-state index in [-0.39, 0.29) is 12.5 Å². The Morgan fingerprint density at radius 1 is 1.26 bits per heavy atom. The van der Waals surface area contributed by atoms with Gasteiger partial charge in [0.2, 0.25) is 5.91 Å². The molecule has 0 unspecified atom stereocenters. The summed E-state index contributed by atoms with van der Waals surface area (Å²) in [7, 11) is 0. The van der Waals surface area contributed by atoms with Crippen molar-refractivity contribution in [1.29, 1.82) is 0 Å². The third kappa shape index (κ3) is 3.94. The predicted octanol–water partition coefficient (Wildman–Crippen LogP) is 3.03. The molecule has 3 rings (SSSR count). The van der Waals surface area contributed by atoms with E-state index in [9.17, 15) is 4.79 Å². The van der Waals surface area contributed by atoms with Crippen molar-refractivity contribution in [2.45, 2.75) is 13.0 Å². The quantitative estimate of drug-likeness (QED) is 0.676. The minimum Gasteiger partial charge on any atom is -0.354 e. The number of carbonyl (C=O) groups is 1. The van der Waals surface area contributed by atoms with Crippen LogP contribution in [0.25, 0.3) is 10.7 Å². The SMILES string of the molecule is O=C(Cn1c(-c2cccs2)n[nH]c1=S)NCCc1ccccc1. The van der Waals surface area contributed by atoms with Crippen molar-refractivity contribution in [3.63, 3.8) is 0 Å². The zero-order chi connectivity index (χ0) is 16.1. The summed E-state index contributed by atoms with van der Waals surface area (Å²) in [6.07, 6.45) is 0.807. The van der Waals surface area contributed by atoms with Crippen molar-refractivity contribution >= 4 is 29.5 Å². The second-order valence-electron chi connectivity index (χ2n) is 5.00. The van der Waals surface area contributed by atoms with Gasteiger partial charge >= 0.3 is 0 Å². The molecule has 7 heteroatoms. The molecular weight excluding hydrogens is 328 g/mol. The first kappa shape index (κ1) is 15.6. The van der Waals surface area contributed by atoms with Gasteiger partial charge in [-0.25, -0.2) is 0 Å². The monoisotopic (exact) mass is 344 g/mol. The summed E-state index contributed by atoms with van der Waals surface area (Å²) in [4.78, 5) is 13.1. The van der Waals surface area contributed by atoms with Gasteiger partial charge in [0.25, 0.3) is 0 Å². The molecule has 0 fully saturated rings. The minimum atomic E-state index is -0.0729. The van der Waals surface area contributed by atoms with Crippen LogP contribution in [0.4, 0.5) is 0 Å². The summed E-state index contributed by atoms with van der Waals surface area (Å²) in [6.45, 7) is 0.764. The minimum absolute atomic E-state index is 0.0729. The average Bonchev–Trinajstić information content (AvgIpc) is 3.19. The number of carbonyl (C=O) groups excluding carboxylic acids is 1. The van der Waals surface area contributed by atoms with Crippen molar-refractivity contribution in [3.8, 4) is 10.7 Å². The highest BCUT2D eigenvalue weighted by molar-refractivity contribution is 7.71. The number of thiophene rings is 1. The molecule has 2 heterocycles. The Labute approximate surface area is 143 Å². The van der Waals surface area contributed by atoms with Crippen molar-refractivity contribution in [3.05, 3.63) is 58.2 Å². The molecule has 3 aromatic rings. The van der Waals surface area contributed by atoms with Crippen molar-refractivity contribution in [2.24, 2.45) is 0 Å². The summed E-state index contributed by atoms with van der Waals surface area (Å²) in [5, 5.41) is 11.9. The number of amides is 1. The van der Waals surface area contributed by atoms with Crippen LogP contribution in [0, 0.1) is 4.77 Å². The number of nitrogens with one attached hydrogen (secondary N) is 2. The topological polar surface area (TPSA) is 62.7 Å². The molecule has 2 N–H and O–H groups in total. The van der Waals surface area contributed by atoms with Gasteiger partial charge in [-0.15, -0.1) is 11.3 Å². The van der Waals surface area contributed by atoms with Crippen LogP contribution in [0.2, 0.25) is 0 Å². The summed E-state index contributed by atoms with van der Waals surface area (Å²) in [6, 6.07) is 14.0. The van der Waals surface area contributed by atoms with E-state index >= 15 is 0 Å². The highest BCUT2D eigenvalue weighted by Crippen LogP contribution is 2.22. The number of hydrogen-bond donors (Lipinski definition) is 2. The zero-order valence-electron chi connectivity index (χ0n) is 12.4. The molecule has 0 saturated heterocycles. The van der Waals surface area contributed by atoms with Gasteiger partial charge in [0.15, 0.2) is 10.6 Å². The molecule has 2 aromatic heterocycles. The first-order valence-electron chi connectivity index (χ1n) is 7.24. The number of aromatic amines is 1. The van der Waals surface area contributed by atoms with Gasteiger partial charge in [0, 0.05) is 6.54 Å². The van der Waals surface area contributed by atoms with Crippen LogP contribution in [-0.4, -0.2) is 27.2 Å². The van der Waals surface area contributed by atoms with Crippen LogP contribution in [0.15, 0.2) is 47.8 Å². The predicted molar refractivity (Wildman–Crippen MR) is 93.9 cm³/mol. The first-order chi connectivity index (χ1) is 11.2. The molecule has 23 heavy (non-hydrogen) atoms. The number of benzene rings is 1. The van der Waals surface area contributed by atoms with E-state index < -0.39 is 0 Å². The lowest BCUT2D eigenvalue weighted by Gasteiger charge is -2.07. The maximum absolute atomic E-state index is 12.2. The van der Waals surface area contributed by atoms with Crippen molar-refractivity contribution in [1.82, 2.24) is 20.1 Å². The molecular formula is C16H16N4OS2. The number of aromatic nitrogens is 3. The van der Waals surface area contributed by atoms with Gasteiger partial charge in [-0.2, -0.15) is 5.10 Å². The highest BCUT2D eigenvalue weighted by atomic mass is 32.1. The Morgan fingerprint density at radius 2 is 2.09 bits per heavy atom. The molecule has 118 valence electrons. The molecule has 0 aliphatic rings. The summed E-state index contributed by atoms with van der Waals surface area (Å²) in [5.41, 5.74) is 1.20. The lowest BCUT2D eigenvalue weighted by atomic mass is 10.1. The average molecular weight is 344 g/mol. The normalized spacial score (nSPS) is 10.6. The van der Waals surface area contributed by atoms with Crippen molar-refractivity contribution < 1.29 is 4.79 Å². The van der Waals surface area contributed by atoms with Gasteiger partial charge in [0.05, 0.1) is 4.88 Å². The molecule has 0 bridgehead atoms. The fourth-order valence-corrected chi connectivity index (χ4v) is 3.17. The molecule has 0 aliphatic heterocycles. The Balaban J connectivity index is 1.60. The van der Waals surface area contributed by atoms with Crippen LogP contribution in [0.3, 0.4) is 0 Å². The van der Waals surface area contributed by atoms with Crippen LogP contribution in [-0.2, 0) is 17.8 Å². The van der Waals surface area contributed by atoms with E-state index in [0.29, 0.717) is 17.1 Å². The Morgan fingerprint density at radius 3 is 2.83 bits per heavy atom. The molecule has 0 radical (unpaired) electrons. The summed E-state index contributed by atoms with van der Waals surface area (Å²) < 4.78 is 2.17. The number of H-pyrrole nitrogens is 1. The number of nitrogens with zero attached hydrogens (tertiary/aromatic N) is 2. The zero-order valence-corrected chi connectivity index (χ0v) is 14.0. The van der Waals surface area contributed by atoms with Gasteiger partial charge in [0.1, 0.15) is 6.54 Å². The first-order valence-corrected chi connectivity index (χ1v) is 8.52. The largest absolute Gasteiger partial charge is 0.354 e. The molecule has 5 nitrogen and oxygen atoms in total. The second-order valence-corrected chi connectivity index (χ2v) is 6.34. The number of hydrogen-bond acceptors (Lipinski definition) is 4. The van der Waals surface area contributed by atoms with Crippen LogP contribution < -0.4 is 5.32 Å². The molecule has 0 aliphatic carbocycles. The van der Waals surface area contributed by atoms with E-state index in [2.05, 4.69) is 15.5 Å². The fourth-order valence-electron chi connectivity index (χ4n) is 2.25. The van der Waals surface area contributed by atoms with Gasteiger partial charge in [-0.3, -0.25) is 14.5 Å². The Bertz CT molecular complexity index is 821. The lowest BCUT2D eigenvalue weighted by Crippen LogP contribution is -2.29. The number of rotatable bonds is 6. The molecule has 0 spiro atoms. The van der Waals surface area contributed by atoms with Crippen LogP contribution in [0.5, 0.6) is 0 Å². The van der Waals surface area contributed by atoms with Crippen LogP contribution in [0.1, 0.15) is 5.56 Å². The fraction of sp³-hybridized carbons (Fsp3) is 0.188. The summed E-state index contributed by atoms with van der Waals surface area (Å²) in [5.74, 6) is 0.624. The smallest absolute Gasteiger partial charge is 0.240 e. The molecule has 1 amide bonds. The molecule has 1 aromatic carbocycles. The maximum Gasteiger partial charge on any atom is 0.240 e. The summed E-state index contributed by atoms with van der Waals surface area (Å²) >= 11 is 6.79. The van der Waals surface area contributed by atoms with E-state index in [0.717, 1.165) is 11.3 Å². The lowest BCUT2D eigenvalue weighted by molar-refractivity contribution is -0.121. The highest BCUT2D eigenvalue weighted by Gasteiger charge is 2.12. The second kappa shape index (κ2) is 7.34. The van der Waals surface area contributed by atoms with E-state index in [1.807, 2.05) is 47.8 Å². The third-order valence-electron chi connectivity index (χ3n) is 3.38. The van der Waals surface area contributed by atoms with Gasteiger partial charge in [-0.05, 0) is 35.6 Å². The van der Waals surface area contributed by atoms with Gasteiger partial charge in [-0.1, -0.05) is 36.4 Å². The third-order valence-corrected chi connectivity index (χ3v) is 4.56. The standard InChI is InChI=1S/C16H16N4OS2/c21-14(17-9-8-12-5-2-1-3-6-12)11-20-15(18-19-16(20)22)13-7-4-10-23-13/h1-7,10H,8-9,11H2,(H,17,21)(H,19,22). The maximum atomic E-state index is 12.2. The Hall–Kier alpha value is -2.25. The molecule has 0 atom stereocenters. The van der Waals surface area contributed by atoms with Gasteiger partial charge < -0.3 is 5.32 Å². The van der Waals surface area contributed by atoms with E-state index in [1.165, 1.54) is 5.56 Å². The Kier molecular flexibility index (Phi) is 4.99. The molecule has 0 saturated carbocycles. The van der Waals surface area contributed by atoms with Crippen molar-refractivity contribution in [2.75, 3.05) is 6.54 Å².